The molecule has 0 saturated carbocycles. The van der Waals surface area contributed by atoms with Crippen molar-refractivity contribution >= 4 is 17.7 Å². The number of primary amides is 1. The molecule has 3 unspecified atom stereocenters. The monoisotopic (exact) mass is 448 g/mol. The Hall–Kier alpha value is -2.65. The van der Waals surface area contributed by atoms with Gasteiger partial charge in [0.25, 0.3) is 0 Å². The fraction of sp³-hybridized carbons (Fsp3) is 0.609. The average Bonchev–Trinajstić information content (AvgIpc) is 2.73. The summed E-state index contributed by atoms with van der Waals surface area (Å²) in [6.45, 7) is 5.65. The van der Waals surface area contributed by atoms with E-state index in [9.17, 15) is 19.5 Å². The molecule has 3 amide bonds. The van der Waals surface area contributed by atoms with Gasteiger partial charge >= 0.3 is 0 Å². The number of carbonyl (C=O) groups is 3. The van der Waals surface area contributed by atoms with E-state index >= 15 is 0 Å². The Labute approximate surface area is 189 Å². The maximum atomic E-state index is 12.9. The van der Waals surface area contributed by atoms with Gasteiger partial charge in [-0.15, -0.1) is 0 Å². The van der Waals surface area contributed by atoms with Crippen LogP contribution < -0.4 is 26.4 Å². The van der Waals surface area contributed by atoms with Crippen LogP contribution in [0.3, 0.4) is 0 Å². The number of aliphatic hydroxyl groups is 1. The molecule has 0 fully saturated rings. The molecule has 2 heterocycles. The van der Waals surface area contributed by atoms with Gasteiger partial charge in [-0.25, -0.2) is 0 Å². The van der Waals surface area contributed by atoms with Crippen molar-refractivity contribution in [3.8, 4) is 5.75 Å². The first kappa shape index (κ1) is 25.6. The standard InChI is InChI=1S/C23H36N4O5/c1-15(2)9-10-25-14-20(28)18-12-16-5-7-17(8-6-16)32-11-3-4-22(30)26-19(13-21(24)29)23(31)27-18/h5-8,15,18-20,25,28H,3-4,9-14H2,1-2H3,(H2,24,29)(H,26,30)(H,27,31). The quantitative estimate of drug-likeness (QED) is 0.361. The van der Waals surface area contributed by atoms with Crippen molar-refractivity contribution in [1.29, 1.82) is 0 Å². The van der Waals surface area contributed by atoms with E-state index in [1.54, 1.807) is 0 Å². The molecule has 0 saturated heterocycles. The number of nitrogens with one attached hydrogen (secondary N) is 3. The number of ether oxygens (including phenoxy) is 1. The molecule has 2 bridgehead atoms. The van der Waals surface area contributed by atoms with Crippen molar-refractivity contribution in [2.24, 2.45) is 11.7 Å². The summed E-state index contributed by atoms with van der Waals surface area (Å²) in [5, 5.41) is 19.4. The van der Waals surface area contributed by atoms with Crippen LogP contribution in [-0.4, -0.2) is 60.7 Å². The minimum absolute atomic E-state index is 0.145. The van der Waals surface area contributed by atoms with Crippen molar-refractivity contribution in [3.63, 3.8) is 0 Å². The molecule has 0 aliphatic carbocycles. The highest BCUT2D eigenvalue weighted by Gasteiger charge is 2.28. The van der Waals surface area contributed by atoms with Crippen molar-refractivity contribution in [3.05, 3.63) is 29.8 Å². The van der Waals surface area contributed by atoms with Gasteiger partial charge in [0.1, 0.15) is 11.8 Å². The molecule has 6 N–H and O–H groups in total. The summed E-state index contributed by atoms with van der Waals surface area (Å²) in [5.41, 5.74) is 6.20. The highest BCUT2D eigenvalue weighted by Crippen LogP contribution is 2.15. The summed E-state index contributed by atoms with van der Waals surface area (Å²) in [7, 11) is 0. The van der Waals surface area contributed by atoms with E-state index in [1.807, 2.05) is 24.3 Å². The van der Waals surface area contributed by atoms with Gasteiger partial charge in [-0.1, -0.05) is 26.0 Å². The molecule has 178 valence electrons. The van der Waals surface area contributed by atoms with Gasteiger partial charge in [-0.2, -0.15) is 0 Å². The molecule has 0 spiro atoms. The summed E-state index contributed by atoms with van der Waals surface area (Å²) in [6.07, 6.45) is 0.753. The molecule has 1 aromatic rings. The van der Waals surface area contributed by atoms with Gasteiger partial charge in [0, 0.05) is 13.0 Å². The molecule has 32 heavy (non-hydrogen) atoms. The van der Waals surface area contributed by atoms with Crippen LogP contribution in [-0.2, 0) is 20.8 Å². The number of aliphatic hydroxyl groups excluding tert-OH is 1. The Morgan fingerprint density at radius 3 is 2.62 bits per heavy atom. The minimum Gasteiger partial charge on any atom is -0.494 e. The Morgan fingerprint density at radius 1 is 1.25 bits per heavy atom. The smallest absolute Gasteiger partial charge is 0.243 e. The van der Waals surface area contributed by atoms with Crippen LogP contribution in [0, 0.1) is 5.92 Å². The van der Waals surface area contributed by atoms with Gasteiger partial charge in [0.05, 0.1) is 25.2 Å². The molecule has 0 aromatic heterocycles. The lowest BCUT2D eigenvalue weighted by molar-refractivity contribution is -0.132. The van der Waals surface area contributed by atoms with Crippen molar-refractivity contribution in [2.45, 2.75) is 64.1 Å². The lowest BCUT2D eigenvalue weighted by Crippen LogP contribution is -2.55. The summed E-state index contributed by atoms with van der Waals surface area (Å²) < 4.78 is 5.66. The highest BCUT2D eigenvalue weighted by atomic mass is 16.5. The number of nitrogens with two attached hydrogens (primary N) is 1. The predicted molar refractivity (Wildman–Crippen MR) is 121 cm³/mol. The van der Waals surface area contributed by atoms with E-state index in [4.69, 9.17) is 10.5 Å². The second-order valence-electron chi connectivity index (χ2n) is 8.66. The normalized spacial score (nSPS) is 21.1. The molecule has 3 atom stereocenters. The first-order chi connectivity index (χ1) is 15.2. The zero-order chi connectivity index (χ0) is 23.5. The Balaban J connectivity index is 2.18. The van der Waals surface area contributed by atoms with Crippen LogP contribution >= 0.6 is 0 Å². The third kappa shape index (κ3) is 9.23. The van der Waals surface area contributed by atoms with Crippen LogP contribution in [0.15, 0.2) is 24.3 Å². The first-order valence-electron chi connectivity index (χ1n) is 11.2. The van der Waals surface area contributed by atoms with E-state index < -0.39 is 30.0 Å². The maximum absolute atomic E-state index is 12.9. The predicted octanol–water partition coefficient (Wildman–Crippen LogP) is 0.243. The van der Waals surface area contributed by atoms with E-state index in [2.05, 4.69) is 29.8 Å². The van der Waals surface area contributed by atoms with E-state index in [0.717, 1.165) is 18.5 Å². The molecule has 3 rings (SSSR count). The van der Waals surface area contributed by atoms with Crippen molar-refractivity contribution in [1.82, 2.24) is 16.0 Å². The summed E-state index contributed by atoms with van der Waals surface area (Å²) in [6, 6.07) is 5.71. The number of hydrogen-bond acceptors (Lipinski definition) is 6. The second kappa shape index (κ2) is 13.0. The van der Waals surface area contributed by atoms with Gasteiger partial charge in [0.15, 0.2) is 0 Å². The maximum Gasteiger partial charge on any atom is 0.243 e. The van der Waals surface area contributed by atoms with Gasteiger partial charge in [-0.05, 0) is 49.4 Å². The molecular weight excluding hydrogens is 412 g/mol. The number of hydrogen-bond donors (Lipinski definition) is 5. The van der Waals surface area contributed by atoms with Crippen molar-refractivity contribution < 1.29 is 24.2 Å². The average molecular weight is 449 g/mol. The molecule has 1 aromatic carbocycles. The summed E-state index contributed by atoms with van der Waals surface area (Å²) in [4.78, 5) is 36.7. The molecular formula is C23H36N4O5. The van der Waals surface area contributed by atoms with E-state index in [-0.39, 0.29) is 18.7 Å². The van der Waals surface area contributed by atoms with Gasteiger partial charge < -0.3 is 31.5 Å². The summed E-state index contributed by atoms with van der Waals surface area (Å²) >= 11 is 0. The van der Waals surface area contributed by atoms with Crippen LogP contribution in [0.4, 0.5) is 0 Å². The summed E-state index contributed by atoms with van der Waals surface area (Å²) in [5.74, 6) is -0.392. The number of benzene rings is 1. The number of amides is 3. The van der Waals surface area contributed by atoms with Crippen molar-refractivity contribution in [2.75, 3.05) is 19.7 Å². The zero-order valence-corrected chi connectivity index (χ0v) is 18.9. The van der Waals surface area contributed by atoms with Gasteiger partial charge in [0.2, 0.25) is 17.7 Å². The SMILES string of the molecule is CC(C)CCNCC(O)C1Cc2ccc(cc2)OCCCC(=O)NC(CC(N)=O)C(=O)N1. The number of rotatable bonds is 8. The second-order valence-corrected chi connectivity index (χ2v) is 8.66. The van der Waals surface area contributed by atoms with Crippen LogP contribution in [0.5, 0.6) is 5.75 Å². The Morgan fingerprint density at radius 2 is 1.97 bits per heavy atom. The molecule has 9 heteroatoms. The Kier molecular flexibility index (Phi) is 10.4. The number of carbonyl (C=O) groups excluding carboxylic acids is 3. The lowest BCUT2D eigenvalue weighted by Gasteiger charge is -2.27. The Bertz CT molecular complexity index is 753. The third-order valence-corrected chi connectivity index (χ3v) is 5.30. The molecule has 2 aliphatic heterocycles. The topological polar surface area (TPSA) is 143 Å². The van der Waals surface area contributed by atoms with E-state index in [1.165, 1.54) is 0 Å². The van der Waals surface area contributed by atoms with E-state index in [0.29, 0.717) is 37.7 Å². The number of fused-ring (bicyclic) bond motifs is 12. The molecule has 0 radical (unpaired) electrons. The fourth-order valence-corrected chi connectivity index (χ4v) is 3.42. The van der Waals surface area contributed by atoms with Crippen LogP contribution in [0.25, 0.3) is 0 Å². The molecule has 9 nitrogen and oxygen atoms in total. The largest absolute Gasteiger partial charge is 0.494 e. The lowest BCUT2D eigenvalue weighted by atomic mass is 10.00. The third-order valence-electron chi connectivity index (χ3n) is 5.30. The fourth-order valence-electron chi connectivity index (χ4n) is 3.42. The van der Waals surface area contributed by atoms with Gasteiger partial charge in [-0.3, -0.25) is 14.4 Å². The van der Waals surface area contributed by atoms with Crippen LogP contribution in [0.1, 0.15) is 45.1 Å². The molecule has 2 aliphatic rings. The minimum atomic E-state index is -1.10. The first-order valence-corrected chi connectivity index (χ1v) is 11.2. The van der Waals surface area contributed by atoms with Crippen LogP contribution in [0.2, 0.25) is 0 Å². The highest BCUT2D eigenvalue weighted by molar-refractivity contribution is 5.91. The zero-order valence-electron chi connectivity index (χ0n) is 18.9.